The Morgan fingerprint density at radius 3 is 2.47 bits per heavy atom. The summed E-state index contributed by atoms with van der Waals surface area (Å²) < 4.78 is 14.8. The number of halogens is 1. The molecule has 0 aliphatic carbocycles. The molecule has 3 aromatic rings. The Morgan fingerprint density at radius 1 is 1.13 bits per heavy atom. The fourth-order valence-corrected chi connectivity index (χ4v) is 4.18. The number of nitrogens with zero attached hydrogens (tertiary/aromatic N) is 3. The molecule has 1 saturated heterocycles. The van der Waals surface area contributed by atoms with E-state index in [1.54, 1.807) is 30.3 Å². The number of rotatable bonds is 4. The van der Waals surface area contributed by atoms with Crippen LogP contribution in [0.5, 0.6) is 0 Å². The van der Waals surface area contributed by atoms with Crippen molar-refractivity contribution in [2.75, 3.05) is 4.90 Å². The number of aliphatic hydroxyl groups excluding tert-OH is 1. The number of benzene rings is 2. The van der Waals surface area contributed by atoms with Crippen molar-refractivity contribution < 1.29 is 19.1 Å². The number of hydrogen-bond donors (Lipinski definition) is 1. The number of Topliss-reactive ketones (excluding diaryl/α,β-unsaturated/α-hetero) is 1. The predicted octanol–water partition coefficient (Wildman–Crippen LogP) is 4.17. The van der Waals surface area contributed by atoms with Gasteiger partial charge in [0.05, 0.1) is 5.57 Å². The van der Waals surface area contributed by atoms with Crippen LogP contribution < -0.4 is 4.90 Å². The summed E-state index contributed by atoms with van der Waals surface area (Å²) in [6, 6.07) is 11.6. The molecule has 1 amide bonds. The van der Waals surface area contributed by atoms with Gasteiger partial charge in [-0.05, 0) is 19.4 Å². The molecule has 1 aliphatic heterocycles. The number of carbonyl (C=O) groups is 2. The highest BCUT2D eigenvalue weighted by Crippen LogP contribution is 2.43. The first-order chi connectivity index (χ1) is 14.4. The second kappa shape index (κ2) is 7.79. The van der Waals surface area contributed by atoms with Gasteiger partial charge >= 0.3 is 5.91 Å². The summed E-state index contributed by atoms with van der Waals surface area (Å²) in [5, 5.41) is 19.9. The molecule has 6 nitrogen and oxygen atoms in total. The van der Waals surface area contributed by atoms with Gasteiger partial charge in [0, 0.05) is 11.1 Å². The van der Waals surface area contributed by atoms with Gasteiger partial charge in [-0.25, -0.2) is 4.39 Å². The zero-order chi connectivity index (χ0) is 21.4. The standard InChI is InChI=1S/C22H18FN3O3S/c1-3-16-24-25-22(30-16)26-18(14-6-4-5-7-15(14)23)17(20(28)21(26)29)19(27)13-10-8-12(2)9-11-13/h4-11,18,27H,3H2,1-2H3/b19-17+. The summed E-state index contributed by atoms with van der Waals surface area (Å²) in [6.07, 6.45) is 0.606. The van der Waals surface area contributed by atoms with E-state index in [1.807, 2.05) is 13.8 Å². The van der Waals surface area contributed by atoms with E-state index in [0.29, 0.717) is 17.0 Å². The van der Waals surface area contributed by atoms with Gasteiger partial charge in [-0.2, -0.15) is 0 Å². The minimum absolute atomic E-state index is 0.0959. The van der Waals surface area contributed by atoms with Crippen LogP contribution in [0, 0.1) is 12.7 Å². The van der Waals surface area contributed by atoms with Crippen LogP contribution in [0.15, 0.2) is 54.1 Å². The van der Waals surface area contributed by atoms with E-state index in [4.69, 9.17) is 0 Å². The molecule has 1 fully saturated rings. The van der Waals surface area contributed by atoms with Crippen LogP contribution in [0.2, 0.25) is 0 Å². The van der Waals surface area contributed by atoms with Crippen molar-refractivity contribution in [2.45, 2.75) is 26.3 Å². The molecule has 30 heavy (non-hydrogen) atoms. The topological polar surface area (TPSA) is 83.4 Å². The van der Waals surface area contributed by atoms with Crippen molar-refractivity contribution in [1.82, 2.24) is 10.2 Å². The van der Waals surface area contributed by atoms with Crippen molar-refractivity contribution in [3.63, 3.8) is 0 Å². The number of anilines is 1. The van der Waals surface area contributed by atoms with E-state index in [9.17, 15) is 19.1 Å². The third-order valence-electron chi connectivity index (χ3n) is 4.93. The number of carbonyl (C=O) groups excluding carboxylic acids is 2. The second-order valence-electron chi connectivity index (χ2n) is 6.89. The Balaban J connectivity index is 1.95. The molecule has 1 aliphatic rings. The van der Waals surface area contributed by atoms with E-state index < -0.39 is 23.5 Å². The van der Waals surface area contributed by atoms with Gasteiger partial charge in [0.15, 0.2) is 0 Å². The lowest BCUT2D eigenvalue weighted by molar-refractivity contribution is -0.132. The molecule has 1 unspecified atom stereocenters. The summed E-state index contributed by atoms with van der Waals surface area (Å²) >= 11 is 1.16. The number of aryl methyl sites for hydroxylation is 2. The van der Waals surface area contributed by atoms with Crippen molar-refractivity contribution >= 4 is 33.9 Å². The second-order valence-corrected chi connectivity index (χ2v) is 7.93. The van der Waals surface area contributed by atoms with Gasteiger partial charge < -0.3 is 5.11 Å². The maximum atomic E-state index is 14.8. The Hall–Kier alpha value is -3.39. The maximum absolute atomic E-state index is 14.8. The Labute approximate surface area is 176 Å². The van der Waals surface area contributed by atoms with Crippen molar-refractivity contribution in [3.8, 4) is 0 Å². The zero-order valence-electron chi connectivity index (χ0n) is 16.3. The first kappa shape index (κ1) is 19.9. The largest absolute Gasteiger partial charge is 0.507 e. The van der Waals surface area contributed by atoms with Gasteiger partial charge in [-0.15, -0.1) is 10.2 Å². The number of aromatic nitrogens is 2. The molecule has 2 aromatic carbocycles. The highest BCUT2D eigenvalue weighted by Gasteiger charge is 2.49. The van der Waals surface area contributed by atoms with Crippen molar-refractivity contribution in [3.05, 3.63) is 81.6 Å². The number of hydrogen-bond acceptors (Lipinski definition) is 6. The molecular weight excluding hydrogens is 405 g/mol. The fourth-order valence-electron chi connectivity index (χ4n) is 3.37. The van der Waals surface area contributed by atoms with Crippen LogP contribution in [0.1, 0.15) is 34.7 Å². The molecule has 0 radical (unpaired) electrons. The monoisotopic (exact) mass is 423 g/mol. The SMILES string of the molecule is CCc1nnc(N2C(=O)C(=O)/C(=C(/O)c3ccc(C)cc3)C2c2ccccc2F)s1. The van der Waals surface area contributed by atoms with Gasteiger partial charge in [-0.3, -0.25) is 14.5 Å². The molecule has 1 aromatic heterocycles. The molecule has 152 valence electrons. The first-order valence-corrected chi connectivity index (χ1v) is 10.2. The number of ketones is 1. The molecule has 0 bridgehead atoms. The molecule has 0 saturated carbocycles. The third kappa shape index (κ3) is 3.29. The maximum Gasteiger partial charge on any atom is 0.301 e. The molecule has 0 spiro atoms. The third-order valence-corrected chi connectivity index (χ3v) is 6.00. The van der Waals surface area contributed by atoms with Crippen molar-refractivity contribution in [1.29, 1.82) is 0 Å². The average molecular weight is 423 g/mol. The quantitative estimate of drug-likeness (QED) is 0.387. The minimum Gasteiger partial charge on any atom is -0.507 e. The molecular formula is C22H18FN3O3S. The Bertz CT molecular complexity index is 1170. The number of aliphatic hydroxyl groups is 1. The van der Waals surface area contributed by atoms with Gasteiger partial charge in [0.2, 0.25) is 5.13 Å². The smallest absolute Gasteiger partial charge is 0.301 e. The Morgan fingerprint density at radius 2 is 1.83 bits per heavy atom. The normalized spacial score (nSPS) is 18.2. The highest BCUT2D eigenvalue weighted by molar-refractivity contribution is 7.15. The summed E-state index contributed by atoms with van der Waals surface area (Å²) in [7, 11) is 0. The van der Waals surface area contributed by atoms with E-state index >= 15 is 0 Å². The van der Waals surface area contributed by atoms with Crippen LogP contribution in [0.3, 0.4) is 0 Å². The van der Waals surface area contributed by atoms with Crippen molar-refractivity contribution in [2.24, 2.45) is 0 Å². The highest BCUT2D eigenvalue weighted by atomic mass is 32.1. The van der Waals surface area contributed by atoms with Gasteiger partial charge in [-0.1, -0.05) is 66.3 Å². The van der Waals surface area contributed by atoms with Crippen LogP contribution in [-0.4, -0.2) is 27.0 Å². The minimum atomic E-state index is -1.15. The Kier molecular flexibility index (Phi) is 5.17. The molecule has 4 rings (SSSR count). The lowest BCUT2D eigenvalue weighted by Gasteiger charge is -2.22. The summed E-state index contributed by atoms with van der Waals surface area (Å²) in [5.41, 5.74) is 1.26. The first-order valence-electron chi connectivity index (χ1n) is 9.37. The summed E-state index contributed by atoms with van der Waals surface area (Å²) in [6.45, 7) is 3.78. The summed E-state index contributed by atoms with van der Waals surface area (Å²) in [5.74, 6) is -2.72. The van der Waals surface area contributed by atoms with Crippen LogP contribution in [-0.2, 0) is 16.0 Å². The van der Waals surface area contributed by atoms with E-state index in [0.717, 1.165) is 21.8 Å². The lowest BCUT2D eigenvalue weighted by atomic mass is 9.95. The number of amides is 1. The van der Waals surface area contributed by atoms with Gasteiger partial charge in [0.1, 0.15) is 22.6 Å². The molecule has 8 heteroatoms. The van der Waals surface area contributed by atoms with E-state index in [1.165, 1.54) is 18.2 Å². The van der Waals surface area contributed by atoms with Crippen LogP contribution in [0.4, 0.5) is 9.52 Å². The van der Waals surface area contributed by atoms with Crippen LogP contribution in [0.25, 0.3) is 5.76 Å². The van der Waals surface area contributed by atoms with E-state index in [-0.39, 0.29) is 22.0 Å². The lowest BCUT2D eigenvalue weighted by Crippen LogP contribution is -2.29. The molecule has 1 N–H and O–H groups in total. The average Bonchev–Trinajstić information content (AvgIpc) is 3.31. The predicted molar refractivity (Wildman–Crippen MR) is 112 cm³/mol. The van der Waals surface area contributed by atoms with Gasteiger partial charge in [0.25, 0.3) is 5.78 Å². The zero-order valence-corrected chi connectivity index (χ0v) is 17.1. The summed E-state index contributed by atoms with van der Waals surface area (Å²) in [4.78, 5) is 27.0. The molecule has 2 heterocycles. The van der Waals surface area contributed by atoms with Crippen LogP contribution >= 0.6 is 11.3 Å². The fraction of sp³-hybridized carbons (Fsp3) is 0.182. The molecule has 1 atom stereocenters. The van der Waals surface area contributed by atoms with E-state index in [2.05, 4.69) is 10.2 Å².